The van der Waals surface area contributed by atoms with Crippen molar-refractivity contribution in [3.05, 3.63) is 77.9 Å². The van der Waals surface area contributed by atoms with Crippen LogP contribution in [0.4, 0.5) is 11.4 Å². The van der Waals surface area contributed by atoms with E-state index in [2.05, 4.69) is 117 Å². The molecule has 0 aliphatic carbocycles. The molecule has 4 rings (SSSR count). The lowest BCUT2D eigenvalue weighted by Gasteiger charge is -2.17. The van der Waals surface area contributed by atoms with Gasteiger partial charge in [-0.1, -0.05) is 56.2 Å². The van der Waals surface area contributed by atoms with Crippen molar-refractivity contribution in [1.82, 2.24) is 0 Å². The molecule has 0 unspecified atom stereocenters. The average molecular weight is 426 g/mol. The third-order valence-electron chi connectivity index (χ3n) is 6.83. The second-order valence-corrected chi connectivity index (χ2v) is 9.72. The van der Waals surface area contributed by atoms with E-state index in [1.165, 1.54) is 64.7 Å². The van der Waals surface area contributed by atoms with Gasteiger partial charge >= 0.3 is 0 Å². The zero-order chi connectivity index (χ0) is 22.7. The Morgan fingerprint density at radius 2 is 1.59 bits per heavy atom. The maximum atomic E-state index is 2.59. The van der Waals surface area contributed by atoms with E-state index < -0.39 is 0 Å². The van der Waals surface area contributed by atoms with E-state index >= 15 is 0 Å². The first-order valence-electron chi connectivity index (χ1n) is 12.1. The summed E-state index contributed by atoms with van der Waals surface area (Å²) in [5.41, 5.74) is 6.68. The van der Waals surface area contributed by atoms with Crippen LogP contribution in [0.2, 0.25) is 0 Å². The molecule has 1 heterocycles. The number of nitrogens with zero attached hydrogens (tertiary/aromatic N) is 2. The molecule has 0 N–H and O–H groups in total. The first kappa shape index (κ1) is 22.3. The molecule has 3 aromatic rings. The van der Waals surface area contributed by atoms with Gasteiger partial charge in [-0.25, -0.2) is 0 Å². The van der Waals surface area contributed by atoms with Gasteiger partial charge in [-0.15, -0.1) is 0 Å². The standard InChI is InChI=1S/C30H37N2/c1-6-7-8-11-22-32-27-20-17-24-12-9-10-13-26(24)29(27)30(2,3)28(32)21-16-23-14-18-25(19-15-23)31(4)5/h9-10,12-21H,6-8,11,22H2,1-5H3/q+1. The summed E-state index contributed by atoms with van der Waals surface area (Å²) in [6, 6.07) is 22.3. The number of rotatable bonds is 8. The minimum Gasteiger partial charge on any atom is -0.378 e. The van der Waals surface area contributed by atoms with E-state index in [0.29, 0.717) is 0 Å². The molecular formula is C30H37N2+. The molecule has 1 aliphatic rings. The Balaban J connectivity index is 1.75. The second-order valence-electron chi connectivity index (χ2n) is 9.72. The van der Waals surface area contributed by atoms with Crippen molar-refractivity contribution in [2.75, 3.05) is 25.5 Å². The highest BCUT2D eigenvalue weighted by Crippen LogP contribution is 2.44. The quantitative estimate of drug-likeness (QED) is 0.266. The Hall–Kier alpha value is -2.87. The molecule has 0 aromatic heterocycles. The molecule has 0 bridgehead atoms. The normalized spacial score (nSPS) is 15.0. The van der Waals surface area contributed by atoms with Crippen LogP contribution in [0, 0.1) is 0 Å². The number of unbranched alkanes of at least 4 members (excludes halogenated alkanes) is 3. The summed E-state index contributed by atoms with van der Waals surface area (Å²) in [7, 11) is 4.17. The molecule has 0 saturated heterocycles. The number of fused-ring (bicyclic) bond motifs is 3. The van der Waals surface area contributed by atoms with Crippen molar-refractivity contribution in [2.24, 2.45) is 0 Å². The molecule has 166 valence electrons. The van der Waals surface area contributed by atoms with Crippen molar-refractivity contribution in [3.63, 3.8) is 0 Å². The van der Waals surface area contributed by atoms with Gasteiger partial charge in [0.05, 0.1) is 5.41 Å². The van der Waals surface area contributed by atoms with Crippen molar-refractivity contribution in [1.29, 1.82) is 0 Å². The highest BCUT2D eigenvalue weighted by molar-refractivity contribution is 6.09. The summed E-state index contributed by atoms with van der Waals surface area (Å²) in [6.45, 7) is 8.13. The van der Waals surface area contributed by atoms with Gasteiger partial charge < -0.3 is 4.90 Å². The summed E-state index contributed by atoms with van der Waals surface area (Å²) in [4.78, 5) is 2.14. The highest BCUT2D eigenvalue weighted by Gasteiger charge is 2.45. The lowest BCUT2D eigenvalue weighted by atomic mass is 9.79. The zero-order valence-corrected chi connectivity index (χ0v) is 20.4. The molecule has 2 nitrogen and oxygen atoms in total. The molecule has 3 aromatic carbocycles. The Morgan fingerprint density at radius 1 is 0.844 bits per heavy atom. The van der Waals surface area contributed by atoms with E-state index in [0.717, 1.165) is 6.54 Å². The van der Waals surface area contributed by atoms with Gasteiger partial charge in [0.25, 0.3) is 0 Å². The molecule has 0 atom stereocenters. The molecule has 0 saturated carbocycles. The van der Waals surface area contributed by atoms with E-state index in [1.807, 2.05) is 0 Å². The molecule has 1 aliphatic heterocycles. The average Bonchev–Trinajstić information content (AvgIpc) is 3.01. The maximum Gasteiger partial charge on any atom is 0.210 e. The molecule has 0 radical (unpaired) electrons. The molecule has 0 fully saturated rings. The van der Waals surface area contributed by atoms with Crippen molar-refractivity contribution in [3.8, 4) is 0 Å². The lowest BCUT2D eigenvalue weighted by molar-refractivity contribution is -0.438. The Bertz CT molecular complexity index is 1150. The van der Waals surface area contributed by atoms with Gasteiger partial charge in [0.2, 0.25) is 5.69 Å². The smallest absolute Gasteiger partial charge is 0.210 e. The van der Waals surface area contributed by atoms with E-state index in [9.17, 15) is 0 Å². The third kappa shape index (κ3) is 4.24. The summed E-state index contributed by atoms with van der Waals surface area (Å²) in [5, 5.41) is 2.71. The minimum absolute atomic E-state index is 0.0406. The summed E-state index contributed by atoms with van der Waals surface area (Å²) in [5.74, 6) is 0. The fourth-order valence-electron chi connectivity index (χ4n) is 5.03. The van der Waals surface area contributed by atoms with Gasteiger partial charge in [0.1, 0.15) is 6.54 Å². The summed E-state index contributed by atoms with van der Waals surface area (Å²) >= 11 is 0. The maximum absolute atomic E-state index is 2.59. The monoisotopic (exact) mass is 425 g/mol. The number of allylic oxidation sites excluding steroid dienone is 1. The predicted octanol–water partition coefficient (Wildman–Crippen LogP) is 7.58. The summed E-state index contributed by atoms with van der Waals surface area (Å²) < 4.78 is 2.59. The van der Waals surface area contributed by atoms with E-state index in [-0.39, 0.29) is 5.41 Å². The molecule has 0 amide bonds. The Labute approximate surface area is 193 Å². The van der Waals surface area contributed by atoms with Crippen molar-refractivity contribution < 1.29 is 4.58 Å². The molecule has 0 spiro atoms. The van der Waals surface area contributed by atoms with Gasteiger partial charge in [-0.2, -0.15) is 4.58 Å². The van der Waals surface area contributed by atoms with Crippen molar-refractivity contribution >= 4 is 33.9 Å². The van der Waals surface area contributed by atoms with Crippen LogP contribution >= 0.6 is 0 Å². The predicted molar refractivity (Wildman–Crippen MR) is 141 cm³/mol. The van der Waals surface area contributed by atoms with E-state index in [4.69, 9.17) is 0 Å². The molecular weight excluding hydrogens is 388 g/mol. The van der Waals surface area contributed by atoms with Gasteiger partial charge in [-0.3, -0.25) is 0 Å². The van der Waals surface area contributed by atoms with Crippen molar-refractivity contribution in [2.45, 2.75) is 51.9 Å². The van der Waals surface area contributed by atoms with Crippen LogP contribution in [-0.4, -0.2) is 30.9 Å². The van der Waals surface area contributed by atoms with Crippen LogP contribution in [0.25, 0.3) is 16.8 Å². The van der Waals surface area contributed by atoms with Crippen LogP contribution in [0.3, 0.4) is 0 Å². The number of anilines is 1. The van der Waals surface area contributed by atoms with Gasteiger partial charge in [-0.05, 0) is 60.9 Å². The van der Waals surface area contributed by atoms with Crippen LogP contribution in [0.5, 0.6) is 0 Å². The second kappa shape index (κ2) is 9.32. The lowest BCUT2D eigenvalue weighted by Crippen LogP contribution is -2.28. The van der Waals surface area contributed by atoms with Crippen LogP contribution in [0.1, 0.15) is 57.6 Å². The first-order valence-corrected chi connectivity index (χ1v) is 12.1. The van der Waals surface area contributed by atoms with E-state index in [1.54, 1.807) is 0 Å². The van der Waals surface area contributed by atoms with Gasteiger partial charge in [0.15, 0.2) is 5.71 Å². The van der Waals surface area contributed by atoms with Gasteiger partial charge in [0, 0.05) is 43.9 Å². The molecule has 32 heavy (non-hydrogen) atoms. The van der Waals surface area contributed by atoms with Crippen LogP contribution < -0.4 is 4.90 Å². The zero-order valence-electron chi connectivity index (χ0n) is 20.4. The topological polar surface area (TPSA) is 6.25 Å². The Kier molecular flexibility index (Phi) is 6.50. The third-order valence-corrected chi connectivity index (χ3v) is 6.83. The summed E-state index contributed by atoms with van der Waals surface area (Å²) in [6.07, 6.45) is 9.74. The first-order chi connectivity index (χ1) is 15.4. The van der Waals surface area contributed by atoms with Crippen LogP contribution in [0.15, 0.2) is 66.7 Å². The number of hydrogen-bond acceptors (Lipinski definition) is 1. The fourth-order valence-corrected chi connectivity index (χ4v) is 5.03. The largest absolute Gasteiger partial charge is 0.378 e. The highest BCUT2D eigenvalue weighted by atomic mass is 15.1. The number of benzene rings is 3. The Morgan fingerprint density at radius 3 is 2.31 bits per heavy atom. The number of hydrogen-bond donors (Lipinski definition) is 0. The molecule has 2 heteroatoms. The SMILES string of the molecule is CCCCCC[N+]1=C(/C=C/c2ccc(N(C)C)cc2)C(C)(C)c2c1ccc1ccccc21. The minimum atomic E-state index is -0.0406. The fraction of sp³-hybridized carbons (Fsp3) is 0.367. The van der Waals surface area contributed by atoms with Crippen LogP contribution in [-0.2, 0) is 5.41 Å².